The van der Waals surface area contributed by atoms with Gasteiger partial charge >= 0.3 is 0 Å². The van der Waals surface area contributed by atoms with Gasteiger partial charge in [0.15, 0.2) is 0 Å². The van der Waals surface area contributed by atoms with Crippen LogP contribution in [0.3, 0.4) is 0 Å². The quantitative estimate of drug-likeness (QED) is 0.718. The van der Waals surface area contributed by atoms with Gasteiger partial charge in [-0.25, -0.2) is 4.39 Å². The van der Waals surface area contributed by atoms with Crippen molar-refractivity contribution < 1.29 is 4.39 Å². The van der Waals surface area contributed by atoms with Crippen LogP contribution in [0.1, 0.15) is 12.5 Å². The lowest BCUT2D eigenvalue weighted by molar-refractivity contribution is 0.324. The van der Waals surface area contributed by atoms with Crippen molar-refractivity contribution in [2.24, 2.45) is 0 Å². The Morgan fingerprint density at radius 3 is 2.93 bits per heavy atom. The summed E-state index contributed by atoms with van der Waals surface area (Å²) in [4.78, 5) is 5.95. The number of nitrogens with one attached hydrogen (secondary N) is 1. The van der Waals surface area contributed by atoms with Gasteiger partial charge in [-0.05, 0) is 25.2 Å². The van der Waals surface area contributed by atoms with Crippen LogP contribution in [0.2, 0.25) is 0 Å². The molecule has 4 heteroatoms. The molecule has 1 aromatic heterocycles. The standard InChI is InChI=1S/C11H18FN3/c1-3-13-4-5-15(2)9-10-6-11(12)8-14-7-10/h6-8,13H,3-5,9H2,1-2H3. The van der Waals surface area contributed by atoms with E-state index in [4.69, 9.17) is 0 Å². The molecule has 0 amide bonds. The van der Waals surface area contributed by atoms with Crippen molar-refractivity contribution in [3.63, 3.8) is 0 Å². The van der Waals surface area contributed by atoms with Crippen LogP contribution in [0.5, 0.6) is 0 Å². The van der Waals surface area contributed by atoms with E-state index in [1.54, 1.807) is 6.20 Å². The highest BCUT2D eigenvalue weighted by Gasteiger charge is 2.01. The number of halogens is 1. The molecule has 0 spiro atoms. The Kier molecular flexibility index (Phi) is 5.21. The first-order chi connectivity index (χ1) is 7.22. The Hall–Kier alpha value is -1.00. The topological polar surface area (TPSA) is 28.2 Å². The Balaban J connectivity index is 2.34. The second-order valence-electron chi connectivity index (χ2n) is 3.60. The number of hydrogen-bond donors (Lipinski definition) is 1. The maximum absolute atomic E-state index is 12.8. The van der Waals surface area contributed by atoms with Gasteiger partial charge in [-0.1, -0.05) is 6.92 Å². The molecule has 1 heterocycles. The van der Waals surface area contributed by atoms with E-state index in [1.165, 1.54) is 12.3 Å². The van der Waals surface area contributed by atoms with Gasteiger partial charge in [0.05, 0.1) is 6.20 Å². The minimum atomic E-state index is -0.271. The molecule has 0 aliphatic rings. The average molecular weight is 211 g/mol. The van der Waals surface area contributed by atoms with Crippen LogP contribution in [-0.2, 0) is 6.54 Å². The lowest BCUT2D eigenvalue weighted by atomic mass is 10.2. The highest BCUT2D eigenvalue weighted by Crippen LogP contribution is 2.03. The van der Waals surface area contributed by atoms with Crippen molar-refractivity contribution in [2.75, 3.05) is 26.7 Å². The van der Waals surface area contributed by atoms with Crippen LogP contribution in [0.25, 0.3) is 0 Å². The second-order valence-corrected chi connectivity index (χ2v) is 3.60. The summed E-state index contributed by atoms with van der Waals surface area (Å²) in [5.74, 6) is -0.271. The lowest BCUT2D eigenvalue weighted by Gasteiger charge is -2.16. The molecule has 0 radical (unpaired) electrons. The highest BCUT2D eigenvalue weighted by molar-refractivity contribution is 5.09. The molecule has 0 aromatic carbocycles. The number of pyridine rings is 1. The van der Waals surface area contributed by atoms with Crippen molar-refractivity contribution >= 4 is 0 Å². The minimum Gasteiger partial charge on any atom is -0.316 e. The van der Waals surface area contributed by atoms with Gasteiger partial charge in [-0.2, -0.15) is 0 Å². The molecular weight excluding hydrogens is 193 g/mol. The monoisotopic (exact) mass is 211 g/mol. The van der Waals surface area contributed by atoms with E-state index in [0.29, 0.717) is 0 Å². The zero-order chi connectivity index (χ0) is 11.1. The summed E-state index contributed by atoms with van der Waals surface area (Å²) in [6, 6.07) is 1.52. The highest BCUT2D eigenvalue weighted by atomic mass is 19.1. The van der Waals surface area contributed by atoms with Crippen LogP contribution < -0.4 is 5.32 Å². The summed E-state index contributed by atoms with van der Waals surface area (Å²) >= 11 is 0. The normalized spacial score (nSPS) is 10.9. The van der Waals surface area contributed by atoms with Crippen LogP contribution in [0.15, 0.2) is 18.5 Å². The van der Waals surface area contributed by atoms with Crippen LogP contribution in [-0.4, -0.2) is 36.6 Å². The predicted octanol–water partition coefficient (Wildman–Crippen LogP) is 1.26. The average Bonchev–Trinajstić information content (AvgIpc) is 2.18. The van der Waals surface area contributed by atoms with Crippen LogP contribution >= 0.6 is 0 Å². The van der Waals surface area contributed by atoms with E-state index in [9.17, 15) is 4.39 Å². The number of rotatable bonds is 6. The molecule has 0 atom stereocenters. The summed E-state index contributed by atoms with van der Waals surface area (Å²) in [6.07, 6.45) is 2.93. The maximum Gasteiger partial charge on any atom is 0.141 e. The van der Waals surface area contributed by atoms with Gasteiger partial charge in [-0.15, -0.1) is 0 Å². The van der Waals surface area contributed by atoms with E-state index < -0.39 is 0 Å². The Morgan fingerprint density at radius 1 is 1.47 bits per heavy atom. The van der Waals surface area contributed by atoms with Crippen molar-refractivity contribution in [1.29, 1.82) is 0 Å². The third-order valence-electron chi connectivity index (χ3n) is 2.13. The molecule has 3 nitrogen and oxygen atoms in total. The number of aromatic nitrogens is 1. The molecule has 0 saturated carbocycles. The van der Waals surface area contributed by atoms with E-state index in [1.807, 2.05) is 7.05 Å². The molecule has 15 heavy (non-hydrogen) atoms. The Bertz CT molecular complexity index is 291. The van der Waals surface area contributed by atoms with Crippen molar-refractivity contribution in [3.8, 4) is 0 Å². The predicted molar refractivity (Wildman–Crippen MR) is 59.1 cm³/mol. The molecule has 0 saturated heterocycles. The molecule has 1 N–H and O–H groups in total. The molecule has 1 aromatic rings. The summed E-state index contributed by atoms with van der Waals surface area (Å²) < 4.78 is 12.8. The largest absolute Gasteiger partial charge is 0.316 e. The van der Waals surface area contributed by atoms with E-state index in [2.05, 4.69) is 22.1 Å². The van der Waals surface area contributed by atoms with Crippen molar-refractivity contribution in [3.05, 3.63) is 29.8 Å². The maximum atomic E-state index is 12.8. The summed E-state index contributed by atoms with van der Waals surface area (Å²) in [5.41, 5.74) is 0.911. The molecule has 0 bridgehead atoms. The minimum absolute atomic E-state index is 0.271. The SMILES string of the molecule is CCNCCN(C)Cc1cncc(F)c1. The summed E-state index contributed by atoms with van der Waals surface area (Å²) in [7, 11) is 2.02. The van der Waals surface area contributed by atoms with E-state index in [0.717, 1.165) is 31.7 Å². The third kappa shape index (κ3) is 4.85. The van der Waals surface area contributed by atoms with Gasteiger partial charge < -0.3 is 10.2 Å². The van der Waals surface area contributed by atoms with E-state index in [-0.39, 0.29) is 5.82 Å². The first-order valence-corrected chi connectivity index (χ1v) is 5.21. The first-order valence-electron chi connectivity index (χ1n) is 5.21. The van der Waals surface area contributed by atoms with Crippen LogP contribution in [0, 0.1) is 5.82 Å². The molecule has 84 valence electrons. The van der Waals surface area contributed by atoms with Gasteiger partial charge in [0, 0.05) is 25.8 Å². The molecule has 0 unspecified atom stereocenters. The Labute approximate surface area is 90.3 Å². The van der Waals surface area contributed by atoms with Crippen LogP contribution in [0.4, 0.5) is 4.39 Å². The van der Waals surface area contributed by atoms with Crippen molar-refractivity contribution in [1.82, 2.24) is 15.2 Å². The first kappa shape index (κ1) is 12.1. The zero-order valence-electron chi connectivity index (χ0n) is 9.33. The van der Waals surface area contributed by atoms with Gasteiger partial charge in [-0.3, -0.25) is 4.98 Å². The molecular formula is C11H18FN3. The number of nitrogens with zero attached hydrogens (tertiary/aromatic N) is 2. The van der Waals surface area contributed by atoms with Gasteiger partial charge in [0.1, 0.15) is 5.82 Å². The number of likely N-dealkylation sites (N-methyl/N-ethyl adjacent to an activating group) is 2. The second kappa shape index (κ2) is 6.48. The summed E-state index contributed by atoms with van der Waals surface area (Å²) in [5, 5.41) is 3.24. The van der Waals surface area contributed by atoms with Gasteiger partial charge in [0.25, 0.3) is 0 Å². The molecule has 0 aliphatic heterocycles. The smallest absolute Gasteiger partial charge is 0.141 e. The fourth-order valence-electron chi connectivity index (χ4n) is 1.38. The molecule has 0 aliphatic carbocycles. The van der Waals surface area contributed by atoms with E-state index >= 15 is 0 Å². The third-order valence-corrected chi connectivity index (χ3v) is 2.13. The molecule has 1 rings (SSSR count). The fraction of sp³-hybridized carbons (Fsp3) is 0.545. The zero-order valence-corrected chi connectivity index (χ0v) is 9.33. The summed E-state index contributed by atoms with van der Waals surface area (Å²) in [6.45, 7) is 5.70. The van der Waals surface area contributed by atoms with Crippen molar-refractivity contribution in [2.45, 2.75) is 13.5 Å². The lowest BCUT2D eigenvalue weighted by Crippen LogP contribution is -2.28. The van der Waals surface area contributed by atoms with Gasteiger partial charge in [0.2, 0.25) is 0 Å². The Morgan fingerprint density at radius 2 is 2.27 bits per heavy atom. The number of hydrogen-bond acceptors (Lipinski definition) is 3. The fourth-order valence-corrected chi connectivity index (χ4v) is 1.38. The molecule has 0 fully saturated rings.